The summed E-state index contributed by atoms with van der Waals surface area (Å²) in [5.74, 6) is -0.804. The minimum atomic E-state index is -0.633. The van der Waals surface area contributed by atoms with Gasteiger partial charge in [-0.25, -0.2) is 0 Å². The topological polar surface area (TPSA) is 72.4 Å². The Morgan fingerprint density at radius 2 is 2.06 bits per heavy atom. The van der Waals surface area contributed by atoms with Gasteiger partial charge in [-0.15, -0.1) is 0 Å². The summed E-state index contributed by atoms with van der Waals surface area (Å²) in [7, 11) is 1.24. The number of rotatable bonds is 2. The van der Waals surface area contributed by atoms with Crippen LogP contribution in [-0.2, 0) is 4.74 Å². The molecular formula is C7H5ClN3O3RaRb. The van der Waals surface area contributed by atoms with Crippen LogP contribution in [-0.4, -0.2) is 79.2 Å². The Labute approximate surface area is 167 Å². The third kappa shape index (κ3) is 4.36. The fourth-order valence-corrected chi connectivity index (χ4v) is 2.65. The molecule has 0 aromatic carbocycles. The second-order valence-corrected chi connectivity index (χ2v) is 30.3. The number of aromatic nitrogens is 2. The maximum absolute atomic E-state index is 11.7. The Kier molecular flexibility index (Phi) is 7.08. The summed E-state index contributed by atoms with van der Waals surface area (Å²) in [6.07, 6.45) is 0. The standard InChI is InChI=1S/C7H4ClN3O3.Ra.Rb.H/c1-14-6(13)4-2-3(5(9)12)10-7(8)11-4;;;/h2H,1H3;;;. The molecule has 0 aliphatic carbocycles. The molecule has 0 bridgehead atoms. The second-order valence-electron chi connectivity index (χ2n) is 3.10. The molecular weight excluding hydrogens is 521 g/mol. The molecule has 0 atom stereocenters. The first-order valence-electron chi connectivity index (χ1n) is 4.30. The van der Waals surface area contributed by atoms with Crippen LogP contribution in [0.15, 0.2) is 6.07 Å². The van der Waals surface area contributed by atoms with Crippen molar-refractivity contribution in [3.05, 3.63) is 22.7 Å². The molecule has 9 heteroatoms. The molecule has 1 aromatic rings. The van der Waals surface area contributed by atoms with Gasteiger partial charge >= 0.3 is 171 Å². The van der Waals surface area contributed by atoms with Crippen LogP contribution in [0.3, 0.4) is 0 Å². The first-order chi connectivity index (χ1) is 7.45. The zero-order valence-corrected chi connectivity index (χ0v) is 22.9. The van der Waals surface area contributed by atoms with Crippen molar-refractivity contribution in [2.45, 2.75) is 0 Å². The van der Waals surface area contributed by atoms with Crippen LogP contribution in [0.1, 0.15) is 21.0 Å². The van der Waals surface area contributed by atoms with Gasteiger partial charge in [0.1, 0.15) is 0 Å². The summed E-state index contributed by atoms with van der Waals surface area (Å²) in [6.45, 7) is 0. The van der Waals surface area contributed by atoms with E-state index < -0.39 is 5.97 Å². The molecule has 0 fully saturated rings. The molecule has 0 N–H and O–H groups in total. The fourth-order valence-electron chi connectivity index (χ4n) is 0.966. The van der Waals surface area contributed by atoms with Crippen molar-refractivity contribution in [2.24, 2.45) is 0 Å². The van der Waals surface area contributed by atoms with Crippen LogP contribution in [0.2, 0.25) is 5.28 Å². The molecule has 0 aliphatic rings. The van der Waals surface area contributed by atoms with Crippen molar-refractivity contribution in [1.29, 1.82) is 0 Å². The number of carbonyl (C=O) groups excluding carboxylic acids is 2. The molecule has 1 aromatic heterocycles. The zero-order chi connectivity index (χ0) is 12.3. The van der Waals surface area contributed by atoms with Gasteiger partial charge in [-0.05, 0) is 0 Å². The predicted molar refractivity (Wildman–Crippen MR) is 51.7 cm³/mol. The summed E-state index contributed by atoms with van der Waals surface area (Å²) in [5.41, 5.74) is 0.157. The summed E-state index contributed by atoms with van der Waals surface area (Å²) >= 11 is 5.73. The first kappa shape index (κ1) is 15.6. The third-order valence-corrected chi connectivity index (χ3v) is 4.56. The van der Waals surface area contributed by atoms with Gasteiger partial charge in [-0.1, -0.05) is 0 Å². The van der Waals surface area contributed by atoms with E-state index in [2.05, 4.69) is 14.7 Å². The van der Waals surface area contributed by atoms with Crippen molar-refractivity contribution in [3.63, 3.8) is 0 Å². The number of halogens is 1. The Morgan fingerprint density at radius 1 is 1.50 bits per heavy atom. The number of nitrogens with zero attached hydrogens (tertiary/aromatic N) is 3. The van der Waals surface area contributed by atoms with Crippen LogP contribution in [0.25, 0.3) is 0 Å². The van der Waals surface area contributed by atoms with Gasteiger partial charge in [0.25, 0.3) is 0 Å². The fraction of sp³-hybridized carbons (Fsp3) is 0.143. The molecule has 76 valence electrons. The number of carbonyl (C=O) groups is 2. The molecule has 1 amide bonds. The van der Waals surface area contributed by atoms with E-state index >= 15 is 0 Å². The van der Waals surface area contributed by atoms with E-state index in [-0.39, 0.29) is 122 Å². The van der Waals surface area contributed by atoms with E-state index in [0.29, 0.717) is 0 Å². The van der Waals surface area contributed by atoms with Crippen LogP contribution >= 0.6 is 11.6 Å². The van der Waals surface area contributed by atoms with Crippen molar-refractivity contribution >= 4 is 79.5 Å². The first-order valence-corrected chi connectivity index (χ1v) is 10.6. The Hall–Kier alpha value is 1.58. The van der Waals surface area contributed by atoms with Crippen LogP contribution in [0.5, 0.6) is 0 Å². The molecule has 16 heavy (non-hydrogen) atoms. The summed E-state index contributed by atoms with van der Waals surface area (Å²) in [6, 6.07) is 1.31. The minimum absolute atomic E-state index is 0.000418. The number of amides is 1. The number of methoxy groups -OCH3 is 1. The normalized spacial score (nSPS) is 9.69. The number of esters is 1. The van der Waals surface area contributed by atoms with E-state index in [1.807, 2.05) is 0 Å². The second kappa shape index (κ2) is 7.24. The molecule has 0 saturated carbocycles. The monoisotopic (exact) mass is 525 g/mol. The van der Waals surface area contributed by atoms with Gasteiger partial charge < -0.3 is 0 Å². The third-order valence-electron chi connectivity index (χ3n) is 1.72. The quantitative estimate of drug-likeness (QED) is 0.389. The van der Waals surface area contributed by atoms with Crippen LogP contribution in [0, 0.1) is 43.2 Å². The van der Waals surface area contributed by atoms with E-state index in [4.69, 9.17) is 11.6 Å². The van der Waals surface area contributed by atoms with Crippen molar-refractivity contribution in [3.8, 4) is 0 Å². The van der Waals surface area contributed by atoms with E-state index in [1.165, 1.54) is 13.2 Å². The predicted octanol–water partition coefficient (Wildman–Crippen LogP) is -0.361. The zero-order valence-electron chi connectivity index (χ0n) is 9.02. The summed E-state index contributed by atoms with van der Waals surface area (Å²) in [4.78, 5) is 30.4. The number of hydrogen-bond acceptors (Lipinski definition) is 5. The Bertz CT molecular complexity index is 443. The summed E-state index contributed by atoms with van der Waals surface area (Å²) in [5, 5.41) is -0.124. The molecule has 1 rings (SSSR count). The SMILES string of the molecule is COC(=O)c1cc(C(=O)[N]([Rb])[RaH])nc(Cl)n1. The molecule has 0 spiro atoms. The Balaban J connectivity index is 3.18. The average molecular weight is 526 g/mol. The molecule has 0 radical (unpaired) electrons. The van der Waals surface area contributed by atoms with Gasteiger partial charge in [0.05, 0.1) is 0 Å². The van der Waals surface area contributed by atoms with Gasteiger partial charge in [-0.2, -0.15) is 0 Å². The van der Waals surface area contributed by atoms with Crippen LogP contribution in [0.4, 0.5) is 0 Å². The van der Waals surface area contributed by atoms with Gasteiger partial charge in [0, 0.05) is 0 Å². The van der Waals surface area contributed by atoms with E-state index in [1.54, 1.807) is -5.82 Å². The number of hydrogen-bond donors (Lipinski definition) is 0. The van der Waals surface area contributed by atoms with Gasteiger partial charge in [-0.3, -0.25) is 0 Å². The molecule has 6 nitrogen and oxygen atoms in total. The van der Waals surface area contributed by atoms with Crippen molar-refractivity contribution < 1.29 is 57.5 Å². The van der Waals surface area contributed by atoms with Crippen LogP contribution < -0.4 is 0 Å². The van der Waals surface area contributed by atoms with Gasteiger partial charge in [0.2, 0.25) is 0 Å². The molecule has 0 aliphatic heterocycles. The van der Waals surface area contributed by atoms with E-state index in [0.717, 1.165) is 0 Å². The summed E-state index contributed by atoms with van der Waals surface area (Å²) < 4.78 is 6.26. The van der Waals surface area contributed by atoms with E-state index in [9.17, 15) is 9.59 Å². The molecule has 0 saturated heterocycles. The number of ether oxygens (including phenoxy) is 1. The molecule has 1 heterocycles. The van der Waals surface area contributed by atoms with Gasteiger partial charge in [0.15, 0.2) is 0 Å². The average Bonchev–Trinajstić information content (AvgIpc) is 2.25. The van der Waals surface area contributed by atoms with Crippen molar-refractivity contribution in [1.82, 2.24) is 4.14 Å². The van der Waals surface area contributed by atoms with Crippen molar-refractivity contribution in [2.75, 3.05) is 7.11 Å². The maximum atomic E-state index is 11.7. The Morgan fingerprint density at radius 3 is 2.56 bits per heavy atom. The molecule has 0 unspecified atom stereocenters.